The Kier molecular flexibility index (Phi) is 47.0. The van der Waals surface area contributed by atoms with Crippen molar-refractivity contribution in [1.82, 2.24) is 0 Å². The van der Waals surface area contributed by atoms with Crippen LogP contribution >= 0.6 is 0 Å². The molecule has 0 aromatic carbocycles. The Bertz CT molecular complexity index is 2100. The van der Waals surface area contributed by atoms with Crippen LogP contribution in [0.1, 0.15) is 6.92 Å². The van der Waals surface area contributed by atoms with Crippen molar-refractivity contribution in [2.45, 2.75) is 6.92 Å². The van der Waals surface area contributed by atoms with Crippen LogP contribution in [0.3, 0.4) is 0 Å². The molecule has 318 valence electrons. The third kappa shape index (κ3) is 53.9. The molecule has 0 saturated carbocycles. The summed E-state index contributed by atoms with van der Waals surface area (Å²) in [7, 11) is 0. The summed E-state index contributed by atoms with van der Waals surface area (Å²) in [5.41, 5.74) is 0. The third-order valence-electron chi connectivity index (χ3n) is 6.77. The first-order chi connectivity index (χ1) is 31.4. The predicted molar refractivity (Wildman–Crippen MR) is 290 cm³/mol. The Hall–Kier alpha value is -8.06. The van der Waals surface area contributed by atoms with Gasteiger partial charge in [0.2, 0.25) is 0 Å². The van der Waals surface area contributed by atoms with Crippen LogP contribution in [0.15, 0.2) is 377 Å². The van der Waals surface area contributed by atoms with Crippen LogP contribution in [-0.4, -0.2) is 0 Å². The first-order valence-electron chi connectivity index (χ1n) is 21.0. The van der Waals surface area contributed by atoms with Gasteiger partial charge in [0.1, 0.15) is 0 Å². The lowest BCUT2D eigenvalue weighted by atomic mass is 10.3. The van der Waals surface area contributed by atoms with Gasteiger partial charge in [0.15, 0.2) is 0 Å². The molecule has 0 bridgehead atoms. The maximum absolute atomic E-state index is 3.63. The topological polar surface area (TPSA) is 0 Å². The van der Waals surface area contributed by atoms with Crippen molar-refractivity contribution in [3.8, 4) is 0 Å². The molecule has 0 heteroatoms. The molecule has 0 nitrogen and oxygen atoms in total. The van der Waals surface area contributed by atoms with Crippen LogP contribution in [0.2, 0.25) is 0 Å². The molecular formula is C63H66. The summed E-state index contributed by atoms with van der Waals surface area (Å²) in [6.45, 7) is 5.63. The van der Waals surface area contributed by atoms with Crippen LogP contribution in [0.4, 0.5) is 0 Å². The van der Waals surface area contributed by atoms with Gasteiger partial charge in [-0.15, -0.1) is 0 Å². The molecule has 0 fully saturated rings. The molecule has 0 aliphatic heterocycles. The molecule has 0 rings (SSSR count). The van der Waals surface area contributed by atoms with Crippen molar-refractivity contribution in [2.75, 3.05) is 0 Å². The van der Waals surface area contributed by atoms with Gasteiger partial charge in [-0.3, -0.25) is 0 Å². The van der Waals surface area contributed by atoms with Crippen LogP contribution in [0.5, 0.6) is 0 Å². The predicted octanol–water partition coefficient (Wildman–Crippen LogP) is 17.9. The lowest BCUT2D eigenvalue weighted by molar-refractivity contribution is 1.73. The van der Waals surface area contributed by atoms with Crippen molar-refractivity contribution in [3.05, 3.63) is 377 Å². The van der Waals surface area contributed by atoms with Gasteiger partial charge in [0, 0.05) is 0 Å². The molecule has 0 N–H and O–H groups in total. The van der Waals surface area contributed by atoms with Gasteiger partial charge in [-0.1, -0.05) is 377 Å². The minimum Gasteiger partial charge on any atom is -0.0991 e. The van der Waals surface area contributed by atoms with Gasteiger partial charge in [0.05, 0.1) is 0 Å². The molecule has 0 unspecified atom stereocenters. The summed E-state index contributed by atoms with van der Waals surface area (Å²) in [4.78, 5) is 0. The Morgan fingerprint density at radius 1 is 0.127 bits per heavy atom. The summed E-state index contributed by atoms with van der Waals surface area (Å²) >= 11 is 0. The first kappa shape index (κ1) is 54.9. The SMILES string of the molecule is C=CC=CC=CC=CC=CC=CC=CC=CC=CC=CC=CC=CC=CC=CC=CC=CC=CC=CC=CC=CC=CC=CC=CC=CC=CC=CC=CC=CC=CC=CC=CC. The minimum absolute atomic E-state index is 1.75. The van der Waals surface area contributed by atoms with E-state index in [1.807, 2.05) is 371 Å². The van der Waals surface area contributed by atoms with Gasteiger partial charge < -0.3 is 0 Å². The molecular weight excluding hydrogens is 757 g/mol. The smallest absolute Gasteiger partial charge is 0.0467 e. The molecule has 0 radical (unpaired) electrons. The van der Waals surface area contributed by atoms with E-state index in [0.29, 0.717) is 0 Å². The minimum atomic E-state index is 1.75. The highest BCUT2D eigenvalue weighted by atomic mass is 13.8. The van der Waals surface area contributed by atoms with Crippen molar-refractivity contribution in [3.63, 3.8) is 0 Å². The maximum atomic E-state index is 3.63. The van der Waals surface area contributed by atoms with Gasteiger partial charge in [-0.25, -0.2) is 0 Å². The summed E-state index contributed by atoms with van der Waals surface area (Å²) in [6.07, 6.45) is 121. The second-order valence-corrected chi connectivity index (χ2v) is 11.9. The molecule has 63 heavy (non-hydrogen) atoms. The Morgan fingerprint density at radius 3 is 0.286 bits per heavy atom. The molecule has 0 aliphatic carbocycles. The van der Waals surface area contributed by atoms with E-state index in [1.165, 1.54) is 0 Å². The van der Waals surface area contributed by atoms with Crippen molar-refractivity contribution < 1.29 is 0 Å². The second-order valence-electron chi connectivity index (χ2n) is 11.9. The standard InChI is InChI=1S/C63H66/c1-3-5-7-9-11-13-15-17-19-21-23-25-27-29-31-33-35-37-39-41-43-45-47-49-51-53-55-57-59-61-63-62-60-58-56-54-52-50-48-46-44-42-40-38-36-34-32-30-28-26-24-22-20-18-16-14-12-10-8-6-4-2/h3-63H,1H2,2H3. The monoisotopic (exact) mass is 823 g/mol. The molecule has 0 aromatic rings. The maximum Gasteiger partial charge on any atom is -0.0467 e. The summed E-state index contributed by atoms with van der Waals surface area (Å²) in [5.74, 6) is 0. The zero-order chi connectivity index (χ0) is 45.1. The Morgan fingerprint density at radius 2 is 0.206 bits per heavy atom. The van der Waals surface area contributed by atoms with E-state index in [9.17, 15) is 0 Å². The van der Waals surface area contributed by atoms with E-state index in [2.05, 4.69) is 6.58 Å². The quantitative estimate of drug-likeness (QED) is 0.0633. The molecule has 0 heterocycles. The highest BCUT2D eigenvalue weighted by Crippen LogP contribution is 1.92. The second kappa shape index (κ2) is 53.9. The molecule has 0 spiro atoms. The lowest BCUT2D eigenvalue weighted by Gasteiger charge is -1.77. The van der Waals surface area contributed by atoms with E-state index in [-0.39, 0.29) is 0 Å². The lowest BCUT2D eigenvalue weighted by Crippen LogP contribution is -1.55. The summed E-state index contributed by atoms with van der Waals surface area (Å²) < 4.78 is 0. The first-order valence-corrected chi connectivity index (χ1v) is 21.0. The van der Waals surface area contributed by atoms with Crippen LogP contribution in [0, 0.1) is 0 Å². The van der Waals surface area contributed by atoms with E-state index in [4.69, 9.17) is 0 Å². The molecule has 0 amide bonds. The van der Waals surface area contributed by atoms with Crippen LogP contribution in [0.25, 0.3) is 0 Å². The van der Waals surface area contributed by atoms with E-state index in [1.54, 1.807) is 6.08 Å². The summed E-state index contributed by atoms with van der Waals surface area (Å²) in [6, 6.07) is 0. The average molecular weight is 823 g/mol. The van der Waals surface area contributed by atoms with Crippen molar-refractivity contribution >= 4 is 0 Å². The molecule has 0 aliphatic rings. The van der Waals surface area contributed by atoms with E-state index < -0.39 is 0 Å². The number of hydrogen-bond acceptors (Lipinski definition) is 0. The average Bonchev–Trinajstić information content (AvgIpc) is 3.29. The Balaban J connectivity index is 4.08. The van der Waals surface area contributed by atoms with Gasteiger partial charge in [-0.2, -0.15) is 0 Å². The fraction of sp³-hybridized carbons (Fsp3) is 0.0159. The zero-order valence-corrected chi connectivity index (χ0v) is 36.9. The number of rotatable bonds is 30. The number of hydrogen-bond donors (Lipinski definition) is 0. The highest BCUT2D eigenvalue weighted by Gasteiger charge is 1.70. The highest BCUT2D eigenvalue weighted by molar-refractivity contribution is 5.27. The van der Waals surface area contributed by atoms with Gasteiger partial charge >= 0.3 is 0 Å². The largest absolute Gasteiger partial charge is 0.0991 e. The zero-order valence-electron chi connectivity index (χ0n) is 36.9. The molecule has 0 saturated heterocycles. The summed E-state index contributed by atoms with van der Waals surface area (Å²) in [5, 5.41) is 0. The van der Waals surface area contributed by atoms with Crippen molar-refractivity contribution in [1.29, 1.82) is 0 Å². The normalized spacial score (nSPS) is 15.4. The third-order valence-corrected chi connectivity index (χ3v) is 6.77. The fourth-order valence-electron chi connectivity index (χ4n) is 3.85. The molecule has 0 atom stereocenters. The van der Waals surface area contributed by atoms with Gasteiger partial charge in [-0.05, 0) is 6.92 Å². The van der Waals surface area contributed by atoms with Crippen LogP contribution < -0.4 is 0 Å². The fourth-order valence-corrected chi connectivity index (χ4v) is 3.85. The van der Waals surface area contributed by atoms with Crippen LogP contribution in [-0.2, 0) is 0 Å². The number of allylic oxidation sites excluding steroid dienone is 61. The Labute approximate surface area is 382 Å². The van der Waals surface area contributed by atoms with Crippen molar-refractivity contribution in [2.24, 2.45) is 0 Å². The van der Waals surface area contributed by atoms with Gasteiger partial charge in [0.25, 0.3) is 0 Å². The molecule has 0 aromatic heterocycles. The van der Waals surface area contributed by atoms with E-state index >= 15 is 0 Å². The van der Waals surface area contributed by atoms with E-state index in [0.717, 1.165) is 0 Å².